The number of halogens is 10. The summed E-state index contributed by atoms with van der Waals surface area (Å²) >= 11 is 61.8. The summed E-state index contributed by atoms with van der Waals surface area (Å²) in [6.07, 6.45) is 0. The van der Waals surface area contributed by atoms with Gasteiger partial charge < -0.3 is 0 Å². The number of hydrogen-bond acceptors (Lipinski definition) is 0. The second-order valence-electron chi connectivity index (χ2n) is 4.49. The Morgan fingerprint density at radius 1 is 0.375 bits per heavy atom. The minimum absolute atomic E-state index is 0.0258. The summed E-state index contributed by atoms with van der Waals surface area (Å²) in [5.41, 5.74) is 1.63. The van der Waals surface area contributed by atoms with Crippen LogP contribution in [-0.4, -0.2) is 0 Å². The summed E-state index contributed by atoms with van der Waals surface area (Å²) < 4.78 is 0. The summed E-state index contributed by atoms with van der Waals surface area (Å²) in [7, 11) is 0. The van der Waals surface area contributed by atoms with Crippen LogP contribution in [-0.2, 0) is 11.8 Å². The van der Waals surface area contributed by atoms with E-state index in [0.717, 1.165) is 0 Å². The van der Waals surface area contributed by atoms with Crippen molar-refractivity contribution in [2.45, 2.75) is 11.8 Å². The molecule has 130 valence electrons. The van der Waals surface area contributed by atoms with E-state index in [1.54, 1.807) is 0 Å². The average Bonchev–Trinajstić information content (AvgIpc) is 2.57. The lowest BCUT2D eigenvalue weighted by atomic mass is 9.96. The van der Waals surface area contributed by atoms with E-state index in [9.17, 15) is 0 Å². The number of hydrogen-bond donors (Lipinski definition) is 0. The van der Waals surface area contributed by atoms with E-state index in [0.29, 0.717) is 16.7 Å². The van der Waals surface area contributed by atoms with E-state index < -0.39 is 0 Å². The highest BCUT2D eigenvalue weighted by molar-refractivity contribution is 6.57. The molecule has 2 aromatic rings. The van der Waals surface area contributed by atoms with E-state index >= 15 is 0 Å². The molecule has 0 unspecified atom stereocenters. The Bertz CT molecular complexity index is 799. The normalized spacial score (nSPS) is 11.2. The quantitative estimate of drug-likeness (QED) is 0.212. The summed E-state index contributed by atoms with van der Waals surface area (Å²) in [6.45, 7) is 0. The fourth-order valence-electron chi connectivity index (χ4n) is 2.13. The van der Waals surface area contributed by atoms with Gasteiger partial charge in [0.25, 0.3) is 0 Å². The second-order valence-corrected chi connectivity index (χ2v) is 8.04. The minimum Gasteiger partial charge on any atom is -0.122 e. The van der Waals surface area contributed by atoms with E-state index in [2.05, 4.69) is 0 Å². The van der Waals surface area contributed by atoms with Gasteiger partial charge in [0.2, 0.25) is 0 Å². The molecule has 0 aliphatic rings. The highest BCUT2D eigenvalue weighted by atomic mass is 35.5. The van der Waals surface area contributed by atoms with Crippen molar-refractivity contribution in [3.63, 3.8) is 0 Å². The van der Waals surface area contributed by atoms with Crippen molar-refractivity contribution >= 4 is 116 Å². The van der Waals surface area contributed by atoms with E-state index in [4.69, 9.17) is 116 Å². The summed E-state index contributed by atoms with van der Waals surface area (Å²) in [6, 6.07) is 0. The maximum Gasteiger partial charge on any atom is 0.0809 e. The first kappa shape index (κ1) is 21.6. The van der Waals surface area contributed by atoms with Gasteiger partial charge in [0.1, 0.15) is 0 Å². The van der Waals surface area contributed by atoms with Crippen molar-refractivity contribution in [1.29, 1.82) is 0 Å². The van der Waals surface area contributed by atoms with Gasteiger partial charge in [0, 0.05) is 22.9 Å². The van der Waals surface area contributed by atoms with E-state index in [1.807, 2.05) is 0 Å². The fourth-order valence-corrected chi connectivity index (χ4v) is 4.95. The van der Waals surface area contributed by atoms with Crippen molar-refractivity contribution < 1.29 is 0 Å². The molecule has 0 heterocycles. The summed E-state index contributed by atoms with van der Waals surface area (Å²) in [5.74, 6) is 0.0770. The zero-order valence-electron chi connectivity index (χ0n) is 11.2. The van der Waals surface area contributed by atoms with Crippen LogP contribution in [0.2, 0.25) is 40.2 Å². The molecule has 0 saturated carbocycles. The molecule has 0 N–H and O–H groups in total. The smallest absolute Gasteiger partial charge is 0.0809 e. The van der Waals surface area contributed by atoms with Crippen LogP contribution in [0.5, 0.6) is 0 Å². The van der Waals surface area contributed by atoms with Crippen molar-refractivity contribution in [3.05, 3.63) is 51.3 Å². The van der Waals surface area contributed by atoms with Gasteiger partial charge in [-0.2, -0.15) is 0 Å². The number of alkyl halides is 2. The van der Waals surface area contributed by atoms with E-state index in [1.165, 1.54) is 0 Å². The van der Waals surface area contributed by atoms with Crippen molar-refractivity contribution in [1.82, 2.24) is 0 Å². The van der Waals surface area contributed by atoms with Crippen LogP contribution < -0.4 is 0 Å². The van der Waals surface area contributed by atoms with Gasteiger partial charge in [-0.1, -0.05) is 92.8 Å². The van der Waals surface area contributed by atoms with Crippen LogP contribution in [0.15, 0.2) is 0 Å². The van der Waals surface area contributed by atoms with Gasteiger partial charge >= 0.3 is 0 Å². The maximum absolute atomic E-state index is 6.38. The largest absolute Gasteiger partial charge is 0.122 e. The Morgan fingerprint density at radius 3 is 1.12 bits per heavy atom. The molecule has 0 bridgehead atoms. The molecule has 24 heavy (non-hydrogen) atoms. The van der Waals surface area contributed by atoms with Gasteiger partial charge in [0.15, 0.2) is 0 Å². The molecule has 0 saturated heterocycles. The van der Waals surface area contributed by atoms with Crippen LogP contribution in [0.25, 0.3) is 11.1 Å². The molecular weight excluding hydrogens is 523 g/mol. The number of rotatable bonds is 3. The van der Waals surface area contributed by atoms with E-state index in [-0.39, 0.29) is 57.5 Å². The molecular formula is C14H4Cl10. The molecule has 0 radical (unpaired) electrons. The van der Waals surface area contributed by atoms with Gasteiger partial charge in [-0.25, -0.2) is 0 Å². The third-order valence-electron chi connectivity index (χ3n) is 3.26. The molecule has 0 atom stereocenters. The van der Waals surface area contributed by atoms with Gasteiger partial charge in [-0.05, 0) is 11.1 Å². The molecule has 0 nitrogen and oxygen atoms in total. The van der Waals surface area contributed by atoms with Crippen LogP contribution in [0.1, 0.15) is 11.1 Å². The first-order valence-electron chi connectivity index (χ1n) is 6.00. The second kappa shape index (κ2) is 8.57. The Morgan fingerprint density at radius 2 is 0.708 bits per heavy atom. The Hall–Kier alpha value is 1.34. The van der Waals surface area contributed by atoms with Gasteiger partial charge in [0.05, 0.1) is 40.2 Å². The van der Waals surface area contributed by atoms with Crippen LogP contribution >= 0.6 is 116 Å². The molecule has 2 aromatic carbocycles. The summed E-state index contributed by atoms with van der Waals surface area (Å²) in [4.78, 5) is 0. The van der Waals surface area contributed by atoms with Crippen LogP contribution in [0.3, 0.4) is 0 Å². The molecule has 10 heteroatoms. The summed E-state index contributed by atoms with van der Waals surface area (Å²) in [5, 5.41) is 0.589. The monoisotopic (exact) mass is 522 g/mol. The Balaban J connectivity index is 3.07. The molecule has 0 aliphatic heterocycles. The maximum atomic E-state index is 6.38. The molecule has 0 fully saturated rings. The average molecular weight is 527 g/mol. The Kier molecular flexibility index (Phi) is 7.72. The lowest BCUT2D eigenvalue weighted by Crippen LogP contribution is -1.99. The zero-order chi connectivity index (χ0) is 18.3. The highest BCUT2D eigenvalue weighted by Gasteiger charge is 2.28. The van der Waals surface area contributed by atoms with Gasteiger partial charge in [-0.15, -0.1) is 23.2 Å². The van der Waals surface area contributed by atoms with Crippen molar-refractivity contribution in [2.24, 2.45) is 0 Å². The first-order valence-corrected chi connectivity index (χ1v) is 10.1. The first-order chi connectivity index (χ1) is 11.2. The SMILES string of the molecule is ClCc1c(Cl)c(Cl)c(Cl)c(-c2c(Cl)c(Cl)c(Cl)c(Cl)c2Cl)c1CCl. The number of benzene rings is 2. The third kappa shape index (κ3) is 3.54. The predicted octanol–water partition coefficient (Wildman–Crippen LogP) is 10.1. The van der Waals surface area contributed by atoms with Crippen molar-refractivity contribution in [3.8, 4) is 11.1 Å². The van der Waals surface area contributed by atoms with Crippen LogP contribution in [0.4, 0.5) is 0 Å². The molecule has 0 aliphatic carbocycles. The van der Waals surface area contributed by atoms with Crippen LogP contribution in [0, 0.1) is 0 Å². The Labute approximate surface area is 188 Å². The highest BCUT2D eigenvalue weighted by Crippen LogP contribution is 2.53. The molecule has 0 amide bonds. The lowest BCUT2D eigenvalue weighted by Gasteiger charge is -2.20. The molecule has 0 aromatic heterocycles. The standard InChI is InChI=1S/C14H4Cl10/c15-1-3-4(2-16)7(17)11(21)8(18)5(3)6-9(19)12(22)14(24)13(23)10(6)20/h1-2H2. The predicted molar refractivity (Wildman–Crippen MR) is 111 cm³/mol. The third-order valence-corrected chi connectivity index (χ3v) is 7.44. The molecule has 2 rings (SSSR count). The topological polar surface area (TPSA) is 0 Å². The van der Waals surface area contributed by atoms with Gasteiger partial charge in [-0.3, -0.25) is 0 Å². The lowest BCUT2D eigenvalue weighted by molar-refractivity contribution is 1.27. The minimum atomic E-state index is 0.0258. The zero-order valence-corrected chi connectivity index (χ0v) is 18.8. The molecule has 0 spiro atoms. The fraction of sp³-hybridized carbons (Fsp3) is 0.143. The van der Waals surface area contributed by atoms with Crippen molar-refractivity contribution in [2.75, 3.05) is 0 Å².